The zero-order valence-electron chi connectivity index (χ0n) is 19.5. The zero-order valence-corrected chi connectivity index (χ0v) is 19.5. The fourth-order valence-electron chi connectivity index (χ4n) is 4.06. The molecule has 9 heteroatoms. The van der Waals surface area contributed by atoms with Crippen LogP contribution in [0.25, 0.3) is 22.0 Å². The van der Waals surface area contributed by atoms with Crippen LogP contribution >= 0.6 is 0 Å². The molecule has 3 N–H and O–H groups in total. The molecule has 37 heavy (non-hydrogen) atoms. The van der Waals surface area contributed by atoms with Crippen molar-refractivity contribution < 1.29 is 13.6 Å². The molecule has 1 amide bonds. The van der Waals surface area contributed by atoms with E-state index in [4.69, 9.17) is 5.73 Å². The summed E-state index contributed by atoms with van der Waals surface area (Å²) in [6, 6.07) is 19.8. The van der Waals surface area contributed by atoms with Gasteiger partial charge in [-0.25, -0.2) is 18.7 Å². The van der Waals surface area contributed by atoms with Crippen LogP contribution in [0.5, 0.6) is 0 Å². The zero-order chi connectivity index (χ0) is 25.9. The van der Waals surface area contributed by atoms with Crippen molar-refractivity contribution >= 4 is 22.6 Å². The Morgan fingerprint density at radius 1 is 0.892 bits per heavy atom. The number of carbonyl (C=O) groups is 1. The van der Waals surface area contributed by atoms with Gasteiger partial charge in [-0.2, -0.15) is 0 Å². The molecule has 0 spiro atoms. The molecule has 2 heterocycles. The molecule has 0 bridgehead atoms. The molecule has 5 aromatic rings. The average Bonchev–Trinajstić information content (AvgIpc) is 2.91. The normalized spacial score (nSPS) is 11.0. The van der Waals surface area contributed by atoms with E-state index in [1.165, 1.54) is 29.2 Å². The van der Waals surface area contributed by atoms with E-state index in [0.717, 1.165) is 39.7 Å². The first-order valence-electron chi connectivity index (χ1n) is 11.4. The second-order valence-electron chi connectivity index (χ2n) is 8.48. The Labute approximate surface area is 210 Å². The minimum absolute atomic E-state index is 0.000507. The third-order valence-corrected chi connectivity index (χ3v) is 5.98. The molecule has 0 fully saturated rings. The highest BCUT2D eigenvalue weighted by molar-refractivity contribution is 5.94. The van der Waals surface area contributed by atoms with E-state index >= 15 is 0 Å². The number of carbonyl (C=O) groups excluding carboxylic acids is 1. The molecule has 0 saturated heterocycles. The summed E-state index contributed by atoms with van der Waals surface area (Å²) in [4.78, 5) is 33.9. The van der Waals surface area contributed by atoms with E-state index in [9.17, 15) is 18.4 Å². The maximum atomic E-state index is 13.5. The summed E-state index contributed by atoms with van der Waals surface area (Å²) in [5.74, 6) is -2.10. The van der Waals surface area contributed by atoms with Crippen molar-refractivity contribution in [3.8, 4) is 11.1 Å². The summed E-state index contributed by atoms with van der Waals surface area (Å²) in [6.07, 6.45) is 2.91. The SMILES string of the molecule is Nc1ncnc2ccc(-c3cccc(CNC(=O)c4cccn(Cc5ccc(F)c(F)c5)c4=O)c3)cc12. The number of anilines is 1. The Bertz CT molecular complexity index is 1700. The number of pyridine rings is 1. The fraction of sp³-hybridized carbons (Fsp3) is 0.0714. The van der Waals surface area contributed by atoms with E-state index in [2.05, 4.69) is 15.3 Å². The van der Waals surface area contributed by atoms with Gasteiger partial charge in [0.2, 0.25) is 0 Å². The molecule has 3 aromatic carbocycles. The van der Waals surface area contributed by atoms with Gasteiger partial charge in [0.1, 0.15) is 17.7 Å². The Balaban J connectivity index is 1.32. The Morgan fingerprint density at radius 2 is 1.73 bits per heavy atom. The molecule has 0 aliphatic rings. The largest absolute Gasteiger partial charge is 0.383 e. The van der Waals surface area contributed by atoms with Crippen molar-refractivity contribution in [1.82, 2.24) is 19.9 Å². The molecular formula is C28H21F2N5O2. The number of hydrogen-bond acceptors (Lipinski definition) is 5. The van der Waals surface area contributed by atoms with Crippen LogP contribution < -0.4 is 16.6 Å². The number of halogens is 2. The summed E-state index contributed by atoms with van der Waals surface area (Å²) in [6.45, 7) is 0.198. The summed E-state index contributed by atoms with van der Waals surface area (Å²) < 4.78 is 28.0. The number of nitrogens with one attached hydrogen (secondary N) is 1. The van der Waals surface area contributed by atoms with E-state index < -0.39 is 23.1 Å². The summed E-state index contributed by atoms with van der Waals surface area (Å²) in [7, 11) is 0. The van der Waals surface area contributed by atoms with Crippen LogP contribution in [0.3, 0.4) is 0 Å². The van der Waals surface area contributed by atoms with Crippen molar-refractivity contribution in [1.29, 1.82) is 0 Å². The van der Waals surface area contributed by atoms with Gasteiger partial charge in [0.25, 0.3) is 11.5 Å². The fourth-order valence-corrected chi connectivity index (χ4v) is 4.06. The van der Waals surface area contributed by atoms with Crippen LogP contribution in [0, 0.1) is 11.6 Å². The lowest BCUT2D eigenvalue weighted by atomic mass is 10.0. The number of benzene rings is 3. The van der Waals surface area contributed by atoms with Crippen LogP contribution in [-0.4, -0.2) is 20.4 Å². The van der Waals surface area contributed by atoms with Gasteiger partial charge in [0.05, 0.1) is 12.1 Å². The average molecular weight is 498 g/mol. The highest BCUT2D eigenvalue weighted by Gasteiger charge is 2.13. The first-order chi connectivity index (χ1) is 17.9. The summed E-state index contributed by atoms with van der Waals surface area (Å²) in [5, 5.41) is 3.53. The van der Waals surface area contributed by atoms with Crippen LogP contribution in [-0.2, 0) is 13.1 Å². The first kappa shape index (κ1) is 23.8. The maximum Gasteiger partial charge on any atom is 0.263 e. The molecule has 0 saturated carbocycles. The van der Waals surface area contributed by atoms with Gasteiger partial charge in [-0.05, 0) is 64.7 Å². The molecule has 7 nitrogen and oxygen atoms in total. The minimum Gasteiger partial charge on any atom is -0.383 e. The Hall–Kier alpha value is -4.92. The van der Waals surface area contributed by atoms with E-state index in [1.807, 2.05) is 42.5 Å². The van der Waals surface area contributed by atoms with Crippen molar-refractivity contribution in [2.45, 2.75) is 13.1 Å². The number of amides is 1. The summed E-state index contributed by atoms with van der Waals surface area (Å²) >= 11 is 0. The van der Waals surface area contributed by atoms with Crippen molar-refractivity contribution in [3.05, 3.63) is 124 Å². The lowest BCUT2D eigenvalue weighted by molar-refractivity contribution is 0.0948. The highest BCUT2D eigenvalue weighted by atomic mass is 19.2. The predicted octanol–water partition coefficient (Wildman–Crippen LogP) is 4.30. The summed E-state index contributed by atoms with van der Waals surface area (Å²) in [5.41, 5.74) is 9.23. The molecule has 0 aliphatic heterocycles. The smallest absolute Gasteiger partial charge is 0.263 e. The number of nitrogens with zero attached hydrogens (tertiary/aromatic N) is 3. The second kappa shape index (κ2) is 9.98. The van der Waals surface area contributed by atoms with Gasteiger partial charge >= 0.3 is 0 Å². The molecule has 0 unspecified atom stereocenters. The van der Waals surface area contributed by atoms with Gasteiger partial charge in [-0.3, -0.25) is 9.59 Å². The minimum atomic E-state index is -0.998. The van der Waals surface area contributed by atoms with Crippen LogP contribution in [0.2, 0.25) is 0 Å². The standard InChI is InChI=1S/C28H21F2N5O2/c29-23-8-6-18(12-24(23)30)15-35-10-2-5-21(28(35)37)27(36)32-14-17-3-1-4-19(11-17)20-7-9-25-22(13-20)26(31)34-16-33-25/h1-13,16H,14-15H2,(H,32,36)(H2,31,33,34). The number of aromatic nitrogens is 3. The lowest BCUT2D eigenvalue weighted by Gasteiger charge is -2.10. The van der Waals surface area contributed by atoms with Crippen molar-refractivity contribution in [3.63, 3.8) is 0 Å². The number of nitrogen functional groups attached to an aromatic ring is 1. The number of fused-ring (bicyclic) bond motifs is 1. The Kier molecular flexibility index (Phi) is 6.42. The highest BCUT2D eigenvalue weighted by Crippen LogP contribution is 2.26. The van der Waals surface area contributed by atoms with Crippen LogP contribution in [0.1, 0.15) is 21.5 Å². The number of hydrogen-bond donors (Lipinski definition) is 2. The number of rotatable bonds is 6. The predicted molar refractivity (Wildman–Crippen MR) is 137 cm³/mol. The van der Waals surface area contributed by atoms with Crippen LogP contribution in [0.15, 0.2) is 90.1 Å². The van der Waals surface area contributed by atoms with E-state index in [0.29, 0.717) is 11.4 Å². The molecule has 184 valence electrons. The third kappa shape index (κ3) is 5.06. The van der Waals surface area contributed by atoms with Gasteiger partial charge in [0, 0.05) is 18.1 Å². The molecule has 0 radical (unpaired) electrons. The molecular weight excluding hydrogens is 476 g/mol. The van der Waals surface area contributed by atoms with Gasteiger partial charge in [0.15, 0.2) is 11.6 Å². The third-order valence-electron chi connectivity index (χ3n) is 5.98. The topological polar surface area (TPSA) is 103 Å². The van der Waals surface area contributed by atoms with Gasteiger partial charge in [-0.1, -0.05) is 30.3 Å². The van der Waals surface area contributed by atoms with E-state index in [-0.39, 0.29) is 18.7 Å². The number of nitrogens with two attached hydrogens (primary N) is 1. The molecule has 0 atom stereocenters. The Morgan fingerprint density at radius 3 is 2.57 bits per heavy atom. The maximum absolute atomic E-state index is 13.5. The monoisotopic (exact) mass is 497 g/mol. The van der Waals surface area contributed by atoms with Crippen LogP contribution in [0.4, 0.5) is 14.6 Å². The second-order valence-corrected chi connectivity index (χ2v) is 8.48. The lowest BCUT2D eigenvalue weighted by Crippen LogP contribution is -2.32. The van der Waals surface area contributed by atoms with Crippen molar-refractivity contribution in [2.24, 2.45) is 0 Å². The van der Waals surface area contributed by atoms with Gasteiger partial charge < -0.3 is 15.6 Å². The van der Waals surface area contributed by atoms with Gasteiger partial charge in [-0.15, -0.1) is 0 Å². The van der Waals surface area contributed by atoms with Crippen molar-refractivity contribution in [2.75, 3.05) is 5.73 Å². The quantitative estimate of drug-likeness (QED) is 0.364. The van der Waals surface area contributed by atoms with E-state index in [1.54, 1.807) is 6.07 Å². The molecule has 2 aromatic heterocycles. The molecule has 5 rings (SSSR count). The molecule has 0 aliphatic carbocycles. The first-order valence-corrected chi connectivity index (χ1v) is 11.4.